The second-order valence-corrected chi connectivity index (χ2v) is 9.46. The summed E-state index contributed by atoms with van der Waals surface area (Å²) in [5.74, 6) is -5.03. The summed E-state index contributed by atoms with van der Waals surface area (Å²) in [6.07, 6.45) is 6.89. The molecule has 0 heterocycles. The lowest BCUT2D eigenvalue weighted by atomic mass is 9.77. The Morgan fingerprint density at radius 3 is 2.15 bits per heavy atom. The molecule has 1 aliphatic carbocycles. The molecule has 0 radical (unpaired) electrons. The van der Waals surface area contributed by atoms with Crippen molar-refractivity contribution in [2.45, 2.75) is 51.4 Å². The molecule has 1 saturated carbocycles. The Hall–Kier alpha value is -2.95. The highest BCUT2D eigenvalue weighted by Gasteiger charge is 2.23. The van der Waals surface area contributed by atoms with Crippen LogP contribution in [-0.4, -0.2) is 0 Å². The van der Waals surface area contributed by atoms with Crippen LogP contribution >= 0.6 is 0 Å². The third-order valence-electron chi connectivity index (χ3n) is 7.34. The first-order chi connectivity index (χ1) is 16.4. The standard InChI is InChI=1S/C29H25F5/c1-2-3-16-4-6-17(7-5-16)18-8-9-20-14-24(28(33)27(32)23(20)13-18)19-10-11-22-21(12-19)15-25(30)29(34)26(22)31/h8-17H,2-7H2,1H3. The SMILES string of the molecule is CCCC1CCC(c2ccc3cc(-c4ccc5c(F)c(F)c(F)cc5c4)c(F)c(F)c3c2)CC1. The van der Waals surface area contributed by atoms with Crippen molar-refractivity contribution in [2.24, 2.45) is 5.92 Å². The highest BCUT2D eigenvalue weighted by Crippen LogP contribution is 2.40. The fourth-order valence-electron chi connectivity index (χ4n) is 5.47. The van der Waals surface area contributed by atoms with Crippen molar-refractivity contribution in [3.63, 3.8) is 0 Å². The second kappa shape index (κ2) is 9.01. The number of fused-ring (bicyclic) bond motifs is 2. The van der Waals surface area contributed by atoms with E-state index in [1.807, 2.05) is 12.1 Å². The summed E-state index contributed by atoms with van der Waals surface area (Å²) in [6.45, 7) is 2.20. The van der Waals surface area contributed by atoms with Gasteiger partial charge in [-0.05, 0) is 83.7 Å². The molecule has 0 saturated heterocycles. The maximum Gasteiger partial charge on any atom is 0.195 e. The lowest BCUT2D eigenvalue weighted by Crippen LogP contribution is -2.13. The smallest absolute Gasteiger partial charge is 0.195 e. The van der Waals surface area contributed by atoms with E-state index in [1.54, 1.807) is 12.1 Å². The molecule has 34 heavy (non-hydrogen) atoms. The van der Waals surface area contributed by atoms with Gasteiger partial charge in [0.2, 0.25) is 0 Å². The van der Waals surface area contributed by atoms with Crippen LogP contribution in [0.1, 0.15) is 56.9 Å². The van der Waals surface area contributed by atoms with Gasteiger partial charge in [-0.25, -0.2) is 22.0 Å². The molecule has 0 aromatic heterocycles. The van der Waals surface area contributed by atoms with E-state index in [0.29, 0.717) is 11.3 Å². The predicted molar refractivity (Wildman–Crippen MR) is 126 cm³/mol. The third kappa shape index (κ3) is 3.95. The molecule has 176 valence electrons. The Kier molecular flexibility index (Phi) is 6.05. The monoisotopic (exact) mass is 468 g/mol. The summed E-state index contributed by atoms with van der Waals surface area (Å²) in [5.41, 5.74) is 1.28. The Bertz CT molecular complexity index is 1380. The van der Waals surface area contributed by atoms with Crippen molar-refractivity contribution in [2.75, 3.05) is 0 Å². The second-order valence-electron chi connectivity index (χ2n) is 9.46. The number of benzene rings is 4. The lowest BCUT2D eigenvalue weighted by molar-refractivity contribution is 0.308. The van der Waals surface area contributed by atoms with Crippen LogP contribution in [-0.2, 0) is 0 Å². The van der Waals surface area contributed by atoms with E-state index in [-0.39, 0.29) is 27.3 Å². The van der Waals surface area contributed by atoms with E-state index in [9.17, 15) is 13.2 Å². The highest BCUT2D eigenvalue weighted by atomic mass is 19.2. The predicted octanol–water partition coefficient (Wildman–Crippen LogP) is 9.43. The summed E-state index contributed by atoms with van der Waals surface area (Å²) < 4.78 is 71.7. The van der Waals surface area contributed by atoms with Gasteiger partial charge in [0.25, 0.3) is 0 Å². The highest BCUT2D eigenvalue weighted by molar-refractivity contribution is 5.92. The maximum atomic E-state index is 15.2. The van der Waals surface area contributed by atoms with Gasteiger partial charge in [0.1, 0.15) is 0 Å². The number of halogens is 5. The van der Waals surface area contributed by atoms with E-state index >= 15 is 8.78 Å². The molecule has 4 aromatic rings. The Labute approximate surface area is 195 Å². The molecule has 0 amide bonds. The molecule has 1 fully saturated rings. The van der Waals surface area contributed by atoms with Crippen molar-refractivity contribution < 1.29 is 22.0 Å². The molecular weight excluding hydrogens is 443 g/mol. The van der Waals surface area contributed by atoms with E-state index in [4.69, 9.17) is 0 Å². The van der Waals surface area contributed by atoms with E-state index in [2.05, 4.69) is 6.92 Å². The largest absolute Gasteiger partial charge is 0.204 e. The van der Waals surface area contributed by atoms with Crippen molar-refractivity contribution >= 4 is 21.5 Å². The molecule has 1 aliphatic rings. The van der Waals surface area contributed by atoms with Gasteiger partial charge in [-0.3, -0.25) is 0 Å². The van der Waals surface area contributed by atoms with Crippen molar-refractivity contribution in [1.82, 2.24) is 0 Å². The van der Waals surface area contributed by atoms with Crippen LogP contribution in [0.15, 0.2) is 48.5 Å². The normalized spacial score (nSPS) is 18.6. The van der Waals surface area contributed by atoms with Gasteiger partial charge in [0.05, 0.1) is 0 Å². The molecule has 0 nitrogen and oxygen atoms in total. The van der Waals surface area contributed by atoms with Gasteiger partial charge in [0.15, 0.2) is 29.1 Å². The van der Waals surface area contributed by atoms with Gasteiger partial charge in [-0.1, -0.05) is 44.0 Å². The summed E-state index contributed by atoms with van der Waals surface area (Å²) in [7, 11) is 0. The molecule has 0 bridgehead atoms. The molecule has 0 aliphatic heterocycles. The zero-order valence-electron chi connectivity index (χ0n) is 18.9. The molecule has 4 aromatic carbocycles. The average molecular weight is 469 g/mol. The summed E-state index contributed by atoms with van der Waals surface area (Å²) in [4.78, 5) is 0. The van der Waals surface area contributed by atoms with E-state index in [1.165, 1.54) is 43.9 Å². The van der Waals surface area contributed by atoms with Gasteiger partial charge in [-0.15, -0.1) is 0 Å². The molecular formula is C29H25F5. The summed E-state index contributed by atoms with van der Waals surface area (Å²) in [6, 6.07) is 11.9. The van der Waals surface area contributed by atoms with Crippen LogP contribution in [0.25, 0.3) is 32.7 Å². The first-order valence-corrected chi connectivity index (χ1v) is 11.9. The lowest BCUT2D eigenvalue weighted by Gasteiger charge is -2.28. The van der Waals surface area contributed by atoms with Crippen LogP contribution in [0.2, 0.25) is 0 Å². The number of rotatable bonds is 4. The van der Waals surface area contributed by atoms with Crippen LogP contribution in [0.5, 0.6) is 0 Å². The van der Waals surface area contributed by atoms with Crippen LogP contribution in [0.4, 0.5) is 22.0 Å². The molecule has 5 rings (SSSR count). The number of hydrogen-bond acceptors (Lipinski definition) is 0. The Morgan fingerprint density at radius 1 is 0.676 bits per heavy atom. The Balaban J connectivity index is 1.52. The molecule has 5 heteroatoms. The molecule has 0 unspecified atom stereocenters. The zero-order valence-corrected chi connectivity index (χ0v) is 18.9. The average Bonchev–Trinajstić information content (AvgIpc) is 2.85. The Morgan fingerprint density at radius 2 is 1.41 bits per heavy atom. The minimum Gasteiger partial charge on any atom is -0.204 e. The first kappa shape index (κ1) is 22.8. The van der Waals surface area contributed by atoms with Crippen LogP contribution in [0, 0.1) is 35.0 Å². The van der Waals surface area contributed by atoms with Gasteiger partial charge in [-0.2, -0.15) is 0 Å². The third-order valence-corrected chi connectivity index (χ3v) is 7.34. The van der Waals surface area contributed by atoms with Crippen LogP contribution < -0.4 is 0 Å². The summed E-state index contributed by atoms with van der Waals surface area (Å²) in [5, 5.41) is 0.730. The van der Waals surface area contributed by atoms with Crippen molar-refractivity contribution in [1.29, 1.82) is 0 Å². The topological polar surface area (TPSA) is 0 Å². The van der Waals surface area contributed by atoms with Crippen LogP contribution in [0.3, 0.4) is 0 Å². The summed E-state index contributed by atoms with van der Waals surface area (Å²) >= 11 is 0. The van der Waals surface area contributed by atoms with Crippen molar-refractivity contribution in [3.05, 3.63) is 83.2 Å². The van der Waals surface area contributed by atoms with E-state index in [0.717, 1.165) is 30.4 Å². The zero-order chi connectivity index (χ0) is 24.0. The maximum absolute atomic E-state index is 15.2. The molecule has 0 spiro atoms. The fourth-order valence-corrected chi connectivity index (χ4v) is 5.47. The molecule has 0 atom stereocenters. The number of hydrogen-bond donors (Lipinski definition) is 0. The van der Waals surface area contributed by atoms with Gasteiger partial charge >= 0.3 is 0 Å². The van der Waals surface area contributed by atoms with Gasteiger partial charge < -0.3 is 0 Å². The van der Waals surface area contributed by atoms with Crippen molar-refractivity contribution in [3.8, 4) is 11.1 Å². The van der Waals surface area contributed by atoms with Gasteiger partial charge in [0, 0.05) is 16.3 Å². The molecule has 0 N–H and O–H groups in total. The first-order valence-electron chi connectivity index (χ1n) is 11.9. The fraction of sp³-hybridized carbons (Fsp3) is 0.310. The minimum absolute atomic E-state index is 0.00938. The minimum atomic E-state index is -1.56. The van der Waals surface area contributed by atoms with E-state index < -0.39 is 29.1 Å². The quantitative estimate of drug-likeness (QED) is 0.207.